The zero-order valence-electron chi connectivity index (χ0n) is 19.2. The Hall–Kier alpha value is -4.13. The summed E-state index contributed by atoms with van der Waals surface area (Å²) in [6.45, 7) is 0. The highest BCUT2D eigenvalue weighted by Gasteiger charge is 2.23. The van der Waals surface area contributed by atoms with E-state index in [9.17, 15) is 39.5 Å². The van der Waals surface area contributed by atoms with Gasteiger partial charge in [-0.2, -0.15) is 40.6 Å². The van der Waals surface area contributed by atoms with Gasteiger partial charge in [0.15, 0.2) is 5.75 Å². The number of rotatable bonds is 7. The molecule has 0 aliphatic heterocycles. The van der Waals surface area contributed by atoms with Crippen LogP contribution in [-0.4, -0.2) is 44.0 Å². The van der Waals surface area contributed by atoms with E-state index in [1.807, 2.05) is 0 Å². The molecule has 14 nitrogen and oxygen atoms in total. The summed E-state index contributed by atoms with van der Waals surface area (Å²) in [5.74, 6) is -0.932. The summed E-state index contributed by atoms with van der Waals surface area (Å²) in [4.78, 5) is -1.79. The summed E-state index contributed by atoms with van der Waals surface area (Å²) in [7, 11) is -13.9. The Morgan fingerprint density at radius 1 is 0.513 bits per heavy atom. The molecule has 0 unspecified atom stereocenters. The first-order valence-electron chi connectivity index (χ1n) is 10.4. The van der Waals surface area contributed by atoms with Crippen LogP contribution in [0.15, 0.2) is 108 Å². The highest BCUT2D eigenvalue weighted by Crippen LogP contribution is 2.42. The highest BCUT2D eigenvalue weighted by atomic mass is 32.2. The first-order chi connectivity index (χ1) is 18.1. The van der Waals surface area contributed by atoms with Crippen LogP contribution in [0.1, 0.15) is 0 Å². The van der Waals surface area contributed by atoms with E-state index in [4.69, 9.17) is 4.55 Å². The van der Waals surface area contributed by atoms with Gasteiger partial charge in [0, 0.05) is 5.39 Å². The fourth-order valence-corrected chi connectivity index (χ4v) is 4.89. The molecular weight excluding hydrogens is 576 g/mol. The van der Waals surface area contributed by atoms with Crippen LogP contribution in [0.3, 0.4) is 0 Å². The lowest BCUT2D eigenvalue weighted by atomic mass is 10.1. The number of hydrogen-bond acceptors (Lipinski definition) is 11. The Kier molecular flexibility index (Phi) is 7.30. The Morgan fingerprint density at radius 3 is 1.41 bits per heavy atom. The third-order valence-corrected chi connectivity index (χ3v) is 7.71. The Morgan fingerprint density at radius 2 is 0.949 bits per heavy atom. The van der Waals surface area contributed by atoms with Crippen LogP contribution in [0.4, 0.5) is 22.7 Å². The fourth-order valence-electron chi connectivity index (χ4n) is 3.28. The van der Waals surface area contributed by atoms with Gasteiger partial charge >= 0.3 is 0 Å². The zero-order valence-corrected chi connectivity index (χ0v) is 21.6. The summed E-state index contributed by atoms with van der Waals surface area (Å²) in [6, 6.07) is 14.9. The van der Waals surface area contributed by atoms with Gasteiger partial charge in [0.2, 0.25) is 0 Å². The van der Waals surface area contributed by atoms with Gasteiger partial charge < -0.3 is 5.11 Å². The topological polar surface area (TPSA) is 233 Å². The molecule has 0 aromatic heterocycles. The molecule has 0 saturated heterocycles. The van der Waals surface area contributed by atoms with E-state index in [1.165, 1.54) is 42.5 Å². The SMILES string of the molecule is O=S(=O)(O)c1ccc(N=Nc2ccc(N=Nc3c(O)c(S(=O)(=O)O)cc4cc(S(=O)(=O)O)ccc34)cc2)cc1. The van der Waals surface area contributed by atoms with Crippen LogP contribution in [-0.2, 0) is 30.4 Å². The number of phenolic OH excluding ortho intramolecular Hbond substituents is 1. The van der Waals surface area contributed by atoms with Crippen LogP contribution in [0.2, 0.25) is 0 Å². The van der Waals surface area contributed by atoms with Crippen molar-refractivity contribution in [3.8, 4) is 5.75 Å². The van der Waals surface area contributed by atoms with Gasteiger partial charge in [-0.1, -0.05) is 6.07 Å². The summed E-state index contributed by atoms with van der Waals surface area (Å²) in [5.41, 5.74) is 0.515. The molecule has 0 heterocycles. The molecule has 0 atom stereocenters. The second kappa shape index (κ2) is 10.2. The molecule has 17 heteroatoms. The molecule has 202 valence electrons. The number of hydrogen-bond donors (Lipinski definition) is 4. The van der Waals surface area contributed by atoms with Crippen molar-refractivity contribution in [2.45, 2.75) is 14.7 Å². The Balaban J connectivity index is 1.65. The molecule has 0 aliphatic rings. The van der Waals surface area contributed by atoms with Crippen molar-refractivity contribution in [1.82, 2.24) is 0 Å². The number of benzene rings is 4. The summed E-state index contributed by atoms with van der Waals surface area (Å²) >= 11 is 0. The van der Waals surface area contributed by atoms with E-state index in [1.54, 1.807) is 0 Å². The molecule has 0 bridgehead atoms. The van der Waals surface area contributed by atoms with E-state index in [2.05, 4.69) is 20.5 Å². The molecule has 4 aromatic rings. The minimum absolute atomic E-state index is 0.0708. The molecule has 0 aliphatic carbocycles. The average molecular weight is 593 g/mol. The van der Waals surface area contributed by atoms with Crippen molar-refractivity contribution >= 4 is 63.9 Å². The normalized spacial score (nSPS) is 13.0. The van der Waals surface area contributed by atoms with Crippen LogP contribution in [0.5, 0.6) is 5.75 Å². The predicted octanol–water partition coefficient (Wildman–Crippen LogP) is 5.12. The zero-order chi connectivity index (χ0) is 28.6. The van der Waals surface area contributed by atoms with Gasteiger partial charge in [-0.3, -0.25) is 13.7 Å². The van der Waals surface area contributed by atoms with Gasteiger partial charge in [0.1, 0.15) is 10.6 Å². The minimum Gasteiger partial charge on any atom is -0.504 e. The van der Waals surface area contributed by atoms with Crippen LogP contribution in [0, 0.1) is 0 Å². The smallest absolute Gasteiger partial charge is 0.298 e. The lowest BCUT2D eigenvalue weighted by molar-refractivity contribution is 0.445. The van der Waals surface area contributed by atoms with Crippen molar-refractivity contribution < 1.29 is 44.0 Å². The third kappa shape index (κ3) is 6.48. The van der Waals surface area contributed by atoms with Crippen molar-refractivity contribution in [3.05, 3.63) is 72.8 Å². The van der Waals surface area contributed by atoms with Crippen molar-refractivity contribution in [2.75, 3.05) is 0 Å². The van der Waals surface area contributed by atoms with Crippen molar-refractivity contribution in [1.29, 1.82) is 0 Å². The molecule has 0 radical (unpaired) electrons. The number of phenols is 1. The van der Waals surface area contributed by atoms with E-state index in [0.717, 1.165) is 30.3 Å². The molecule has 39 heavy (non-hydrogen) atoms. The molecule has 0 spiro atoms. The van der Waals surface area contributed by atoms with E-state index in [-0.39, 0.29) is 27.0 Å². The quantitative estimate of drug-likeness (QED) is 0.163. The lowest BCUT2D eigenvalue weighted by Gasteiger charge is -2.09. The van der Waals surface area contributed by atoms with Gasteiger partial charge in [0.05, 0.1) is 26.9 Å². The molecule has 0 fully saturated rings. The van der Waals surface area contributed by atoms with Crippen molar-refractivity contribution in [3.63, 3.8) is 0 Å². The first-order valence-corrected chi connectivity index (χ1v) is 14.7. The number of aromatic hydroxyl groups is 1. The van der Waals surface area contributed by atoms with Gasteiger partial charge in [-0.25, -0.2) is 0 Å². The van der Waals surface area contributed by atoms with E-state index < -0.39 is 45.9 Å². The molecule has 4 aromatic carbocycles. The Bertz CT molecular complexity index is 1970. The lowest BCUT2D eigenvalue weighted by Crippen LogP contribution is -2.00. The van der Waals surface area contributed by atoms with E-state index in [0.29, 0.717) is 11.4 Å². The van der Waals surface area contributed by atoms with Gasteiger partial charge in [-0.15, -0.1) is 5.11 Å². The first kappa shape index (κ1) is 27.9. The predicted molar refractivity (Wildman–Crippen MR) is 136 cm³/mol. The maximum atomic E-state index is 11.8. The maximum Gasteiger partial charge on any atom is 0.298 e. The second-order valence-electron chi connectivity index (χ2n) is 7.79. The summed E-state index contributed by atoms with van der Waals surface area (Å²) in [6.07, 6.45) is 0. The van der Waals surface area contributed by atoms with Gasteiger partial charge in [0.25, 0.3) is 30.4 Å². The maximum absolute atomic E-state index is 11.8. The Labute approximate surface area is 221 Å². The van der Waals surface area contributed by atoms with Crippen LogP contribution >= 0.6 is 0 Å². The van der Waals surface area contributed by atoms with Crippen molar-refractivity contribution in [2.24, 2.45) is 20.5 Å². The highest BCUT2D eigenvalue weighted by molar-refractivity contribution is 7.86. The number of azo groups is 2. The second-order valence-corrected chi connectivity index (χ2v) is 12.0. The standard InChI is InChI=1S/C22H16N4O10S3/c27-22-20(39(34,35)36)12-13-11-18(38(31,32)33)9-10-19(13)21(22)26-25-15-3-1-14(2-4-15)23-24-16-5-7-17(8-6-16)37(28,29)30/h1-12,27H,(H,28,29,30)(H,31,32,33)(H,34,35,36). The van der Waals surface area contributed by atoms with Crippen LogP contribution < -0.4 is 0 Å². The van der Waals surface area contributed by atoms with E-state index >= 15 is 0 Å². The molecule has 0 saturated carbocycles. The summed E-state index contributed by atoms with van der Waals surface area (Å²) in [5, 5.41) is 26.2. The number of fused-ring (bicyclic) bond motifs is 1. The monoisotopic (exact) mass is 592 g/mol. The number of nitrogens with zero attached hydrogens (tertiary/aromatic N) is 4. The largest absolute Gasteiger partial charge is 0.504 e. The molecular formula is C22H16N4O10S3. The average Bonchev–Trinajstić information content (AvgIpc) is 2.85. The minimum atomic E-state index is -4.95. The fraction of sp³-hybridized carbons (Fsp3) is 0. The van der Waals surface area contributed by atoms with Gasteiger partial charge in [-0.05, 0) is 72.1 Å². The summed E-state index contributed by atoms with van der Waals surface area (Å²) < 4.78 is 96.5. The van der Waals surface area contributed by atoms with Crippen LogP contribution in [0.25, 0.3) is 10.8 Å². The molecule has 4 N–H and O–H groups in total. The molecule has 0 amide bonds. The third-order valence-electron chi connectivity index (χ3n) is 5.13. The molecule has 4 rings (SSSR count).